The largest absolute Gasteiger partial charge is 0.508 e. The van der Waals surface area contributed by atoms with Gasteiger partial charge in [0.15, 0.2) is 0 Å². The highest BCUT2D eigenvalue weighted by Gasteiger charge is 2.15. The number of aliphatic hydroxyl groups excluding tert-OH is 1. The van der Waals surface area contributed by atoms with Gasteiger partial charge in [-0.1, -0.05) is 13.8 Å². The van der Waals surface area contributed by atoms with Gasteiger partial charge < -0.3 is 20.8 Å². The molecule has 0 radical (unpaired) electrons. The predicted molar refractivity (Wildman–Crippen MR) is 84.4 cm³/mol. The van der Waals surface area contributed by atoms with Crippen LogP contribution in [0, 0.1) is 0 Å². The Morgan fingerprint density at radius 1 is 1.33 bits per heavy atom. The van der Waals surface area contributed by atoms with Crippen molar-refractivity contribution in [2.24, 2.45) is 0 Å². The van der Waals surface area contributed by atoms with E-state index >= 15 is 0 Å². The van der Waals surface area contributed by atoms with Gasteiger partial charge in [-0.15, -0.1) is 0 Å². The number of aliphatic hydroxyl groups is 1. The molecule has 0 heterocycles. The lowest BCUT2D eigenvalue weighted by molar-refractivity contribution is -0.116. The maximum absolute atomic E-state index is 11.6. The number of nitrogens with one attached hydrogen (secondary N) is 2. The molecule has 0 aromatic heterocycles. The fourth-order valence-electron chi connectivity index (χ4n) is 2.17. The van der Waals surface area contributed by atoms with E-state index in [9.17, 15) is 15.0 Å². The van der Waals surface area contributed by atoms with E-state index in [2.05, 4.69) is 10.6 Å². The van der Waals surface area contributed by atoms with Crippen LogP contribution in [0.3, 0.4) is 0 Å². The zero-order valence-corrected chi connectivity index (χ0v) is 13.0. The van der Waals surface area contributed by atoms with Crippen molar-refractivity contribution in [3.8, 4) is 5.75 Å². The smallest absolute Gasteiger partial charge is 0.224 e. The Labute approximate surface area is 126 Å². The summed E-state index contributed by atoms with van der Waals surface area (Å²) in [5.41, 5.74) is 1.38. The van der Waals surface area contributed by atoms with Crippen LogP contribution in [0.15, 0.2) is 18.2 Å². The third-order valence-electron chi connectivity index (χ3n) is 3.45. The highest BCUT2D eigenvalue weighted by atomic mass is 16.3. The summed E-state index contributed by atoms with van der Waals surface area (Å²) in [5, 5.41) is 25.3. The average molecular weight is 294 g/mol. The van der Waals surface area contributed by atoms with Crippen LogP contribution in [0.5, 0.6) is 5.75 Å². The Bertz CT molecular complexity index is 459. The summed E-state index contributed by atoms with van der Waals surface area (Å²) in [6, 6.07) is 4.89. The van der Waals surface area contributed by atoms with Gasteiger partial charge in [-0.3, -0.25) is 4.79 Å². The van der Waals surface area contributed by atoms with E-state index in [1.54, 1.807) is 18.2 Å². The van der Waals surface area contributed by atoms with Gasteiger partial charge in [0.2, 0.25) is 5.91 Å². The zero-order valence-electron chi connectivity index (χ0n) is 13.0. The van der Waals surface area contributed by atoms with Gasteiger partial charge in [0.05, 0.1) is 6.61 Å². The van der Waals surface area contributed by atoms with E-state index in [0.29, 0.717) is 17.7 Å². The second-order valence-electron chi connectivity index (χ2n) is 5.25. The Kier molecular flexibility index (Phi) is 7.19. The van der Waals surface area contributed by atoms with Crippen LogP contribution < -0.4 is 10.6 Å². The highest BCUT2D eigenvalue weighted by Crippen LogP contribution is 2.27. The van der Waals surface area contributed by atoms with Crippen LogP contribution in [-0.4, -0.2) is 28.8 Å². The van der Waals surface area contributed by atoms with Gasteiger partial charge >= 0.3 is 0 Å². The lowest BCUT2D eigenvalue weighted by atomic mass is 10.0. The summed E-state index contributed by atoms with van der Waals surface area (Å²) in [4.78, 5) is 11.6. The lowest BCUT2D eigenvalue weighted by Gasteiger charge is -2.22. The SMILES string of the molecule is CCCC(=O)Nc1ccc(O)c(C(C)N[C@H](CC)CO)c1. The van der Waals surface area contributed by atoms with Gasteiger partial charge in [0, 0.05) is 29.8 Å². The first-order valence-electron chi connectivity index (χ1n) is 7.51. The normalized spacial score (nSPS) is 13.7. The Morgan fingerprint density at radius 3 is 2.62 bits per heavy atom. The second-order valence-corrected chi connectivity index (χ2v) is 5.25. The summed E-state index contributed by atoms with van der Waals surface area (Å²) in [6.45, 7) is 5.91. The van der Waals surface area contributed by atoms with Gasteiger partial charge in [-0.05, 0) is 38.0 Å². The number of carbonyl (C=O) groups is 1. The fourth-order valence-corrected chi connectivity index (χ4v) is 2.17. The topological polar surface area (TPSA) is 81.6 Å². The lowest BCUT2D eigenvalue weighted by Crippen LogP contribution is -2.34. The van der Waals surface area contributed by atoms with Gasteiger partial charge in [-0.25, -0.2) is 0 Å². The van der Waals surface area contributed by atoms with Gasteiger partial charge in [0.25, 0.3) is 0 Å². The van der Waals surface area contributed by atoms with Crippen molar-refractivity contribution in [3.05, 3.63) is 23.8 Å². The third-order valence-corrected chi connectivity index (χ3v) is 3.45. The molecule has 1 unspecified atom stereocenters. The number of amides is 1. The van der Waals surface area contributed by atoms with E-state index in [1.165, 1.54) is 0 Å². The number of carbonyl (C=O) groups excluding carboxylic acids is 1. The summed E-state index contributed by atoms with van der Waals surface area (Å²) < 4.78 is 0. The molecule has 1 rings (SSSR count). The molecular weight excluding hydrogens is 268 g/mol. The van der Waals surface area contributed by atoms with Gasteiger partial charge in [-0.2, -0.15) is 0 Å². The number of aromatic hydroxyl groups is 1. The summed E-state index contributed by atoms with van der Waals surface area (Å²) >= 11 is 0. The van der Waals surface area contributed by atoms with E-state index < -0.39 is 0 Å². The van der Waals surface area contributed by atoms with E-state index in [-0.39, 0.29) is 30.3 Å². The van der Waals surface area contributed by atoms with Crippen LogP contribution in [-0.2, 0) is 4.79 Å². The molecule has 0 saturated carbocycles. The van der Waals surface area contributed by atoms with Crippen molar-refractivity contribution in [1.29, 1.82) is 0 Å². The molecule has 0 bridgehead atoms. The van der Waals surface area contributed by atoms with Crippen molar-refractivity contribution in [2.75, 3.05) is 11.9 Å². The summed E-state index contributed by atoms with van der Waals surface area (Å²) in [6.07, 6.45) is 2.07. The molecular formula is C16H26N2O3. The molecule has 5 nitrogen and oxygen atoms in total. The van der Waals surface area contributed by atoms with Crippen molar-refractivity contribution in [1.82, 2.24) is 5.32 Å². The minimum atomic E-state index is -0.120. The van der Waals surface area contributed by atoms with Crippen LogP contribution in [0.1, 0.15) is 51.6 Å². The van der Waals surface area contributed by atoms with E-state index in [4.69, 9.17) is 0 Å². The Hall–Kier alpha value is -1.59. The van der Waals surface area contributed by atoms with Crippen LogP contribution >= 0.6 is 0 Å². The van der Waals surface area contributed by atoms with E-state index in [1.807, 2.05) is 20.8 Å². The Morgan fingerprint density at radius 2 is 2.05 bits per heavy atom. The molecule has 1 aromatic carbocycles. The average Bonchev–Trinajstić information content (AvgIpc) is 2.46. The number of benzene rings is 1. The van der Waals surface area contributed by atoms with Gasteiger partial charge in [0.1, 0.15) is 5.75 Å². The third kappa shape index (κ3) is 5.36. The van der Waals surface area contributed by atoms with Crippen molar-refractivity contribution in [3.63, 3.8) is 0 Å². The monoisotopic (exact) mass is 294 g/mol. The van der Waals surface area contributed by atoms with Crippen molar-refractivity contribution in [2.45, 2.75) is 52.1 Å². The molecule has 21 heavy (non-hydrogen) atoms. The first-order valence-corrected chi connectivity index (χ1v) is 7.51. The standard InChI is InChI=1S/C16H26N2O3/c1-4-6-16(21)18-13-7-8-15(20)14(9-13)11(3)17-12(5-2)10-19/h7-9,11-12,17,19-20H,4-6,10H2,1-3H3,(H,18,21)/t11?,12-/m1/s1. The number of hydrogen-bond donors (Lipinski definition) is 4. The summed E-state index contributed by atoms with van der Waals surface area (Å²) in [5.74, 6) is 0.146. The minimum Gasteiger partial charge on any atom is -0.508 e. The molecule has 118 valence electrons. The zero-order chi connectivity index (χ0) is 15.8. The molecule has 4 N–H and O–H groups in total. The molecule has 0 aliphatic heterocycles. The first-order chi connectivity index (χ1) is 10.0. The molecule has 5 heteroatoms. The number of phenols is 1. The molecule has 2 atom stereocenters. The highest BCUT2D eigenvalue weighted by molar-refractivity contribution is 5.90. The van der Waals surface area contributed by atoms with Crippen LogP contribution in [0.4, 0.5) is 5.69 Å². The molecule has 0 saturated heterocycles. The maximum atomic E-state index is 11.6. The molecule has 0 aliphatic rings. The number of anilines is 1. The molecule has 1 aromatic rings. The fraction of sp³-hybridized carbons (Fsp3) is 0.562. The van der Waals surface area contributed by atoms with Crippen molar-refractivity contribution >= 4 is 11.6 Å². The minimum absolute atomic E-state index is 0.0160. The number of hydrogen-bond acceptors (Lipinski definition) is 4. The van der Waals surface area contributed by atoms with E-state index in [0.717, 1.165) is 12.8 Å². The summed E-state index contributed by atoms with van der Waals surface area (Å²) in [7, 11) is 0. The predicted octanol–water partition coefficient (Wildman–Crippen LogP) is 2.55. The van der Waals surface area contributed by atoms with Crippen LogP contribution in [0.2, 0.25) is 0 Å². The maximum Gasteiger partial charge on any atom is 0.224 e. The number of phenolic OH excluding ortho intramolecular Hbond substituents is 1. The van der Waals surface area contributed by atoms with Crippen LogP contribution in [0.25, 0.3) is 0 Å². The quantitative estimate of drug-likeness (QED) is 0.555. The molecule has 1 amide bonds. The molecule has 0 fully saturated rings. The Balaban J connectivity index is 2.83. The second kappa shape index (κ2) is 8.64. The molecule has 0 spiro atoms. The first kappa shape index (κ1) is 17.5. The van der Waals surface area contributed by atoms with Crippen molar-refractivity contribution < 1.29 is 15.0 Å². The molecule has 0 aliphatic carbocycles. The number of rotatable bonds is 8.